The van der Waals surface area contributed by atoms with E-state index >= 15 is 0 Å². The summed E-state index contributed by atoms with van der Waals surface area (Å²) in [5.74, 6) is 1.59. The van der Waals surface area contributed by atoms with Crippen LogP contribution in [0, 0.1) is 5.92 Å². The maximum atomic E-state index is 12.6. The molecule has 2 aromatic rings. The SMILES string of the molecule is O=C(NCCC1=CCCCC1)C1CCCN(c2ccc(-n3cncn3)nn2)C1. The molecule has 1 aliphatic heterocycles. The first-order chi connectivity index (χ1) is 13.8. The number of amides is 1. The van der Waals surface area contributed by atoms with E-state index in [0.717, 1.165) is 38.2 Å². The van der Waals surface area contributed by atoms with Crippen LogP contribution < -0.4 is 10.2 Å². The molecule has 0 aromatic carbocycles. The van der Waals surface area contributed by atoms with Gasteiger partial charge in [0, 0.05) is 19.6 Å². The van der Waals surface area contributed by atoms with Crippen LogP contribution >= 0.6 is 0 Å². The number of carbonyl (C=O) groups excluding carboxylic acids is 1. The number of nitrogens with zero attached hydrogens (tertiary/aromatic N) is 6. The molecular formula is C20H27N7O. The molecule has 3 heterocycles. The van der Waals surface area contributed by atoms with Crippen molar-refractivity contribution >= 4 is 11.7 Å². The highest BCUT2D eigenvalue weighted by molar-refractivity contribution is 5.79. The molecule has 8 nitrogen and oxygen atoms in total. The summed E-state index contributed by atoms with van der Waals surface area (Å²) < 4.78 is 1.57. The van der Waals surface area contributed by atoms with Gasteiger partial charge in [0.05, 0.1) is 5.92 Å². The van der Waals surface area contributed by atoms with Gasteiger partial charge in [-0.2, -0.15) is 5.10 Å². The Morgan fingerprint density at radius 3 is 2.82 bits per heavy atom. The molecule has 2 aliphatic rings. The zero-order valence-electron chi connectivity index (χ0n) is 16.1. The minimum atomic E-state index is 0.00544. The largest absolute Gasteiger partial charge is 0.355 e. The average molecular weight is 381 g/mol. The predicted octanol–water partition coefficient (Wildman–Crippen LogP) is 2.28. The fraction of sp³-hybridized carbons (Fsp3) is 0.550. The second-order valence-corrected chi connectivity index (χ2v) is 7.52. The lowest BCUT2D eigenvalue weighted by Gasteiger charge is -2.32. The lowest BCUT2D eigenvalue weighted by atomic mass is 9.96. The molecular weight excluding hydrogens is 354 g/mol. The normalized spacial score (nSPS) is 19.9. The zero-order chi connectivity index (χ0) is 19.2. The summed E-state index contributed by atoms with van der Waals surface area (Å²) in [6, 6.07) is 3.80. The maximum absolute atomic E-state index is 12.6. The Balaban J connectivity index is 1.29. The van der Waals surface area contributed by atoms with Crippen LogP contribution in [0.1, 0.15) is 44.9 Å². The van der Waals surface area contributed by atoms with Crippen molar-refractivity contribution in [2.45, 2.75) is 44.9 Å². The van der Waals surface area contributed by atoms with E-state index < -0.39 is 0 Å². The van der Waals surface area contributed by atoms with Crippen LogP contribution in [0.4, 0.5) is 5.82 Å². The number of piperidine rings is 1. The molecule has 1 unspecified atom stereocenters. The molecule has 2 aromatic heterocycles. The summed E-state index contributed by atoms with van der Waals surface area (Å²) in [4.78, 5) is 18.7. The second kappa shape index (κ2) is 8.95. The van der Waals surface area contributed by atoms with Gasteiger partial charge in [-0.05, 0) is 57.1 Å². The summed E-state index contributed by atoms with van der Waals surface area (Å²) in [5, 5.41) is 15.8. The first-order valence-electron chi connectivity index (χ1n) is 10.2. The molecule has 1 N–H and O–H groups in total. The first kappa shape index (κ1) is 18.6. The average Bonchev–Trinajstić information content (AvgIpc) is 3.30. The molecule has 0 bridgehead atoms. The lowest BCUT2D eigenvalue weighted by molar-refractivity contribution is -0.125. The van der Waals surface area contributed by atoms with Crippen LogP contribution in [0.2, 0.25) is 0 Å². The molecule has 148 valence electrons. The lowest BCUT2D eigenvalue weighted by Crippen LogP contribution is -2.43. The number of nitrogens with one attached hydrogen (secondary N) is 1. The highest BCUT2D eigenvalue weighted by Gasteiger charge is 2.26. The van der Waals surface area contributed by atoms with E-state index in [4.69, 9.17) is 0 Å². The van der Waals surface area contributed by atoms with Crippen LogP contribution in [-0.4, -0.2) is 50.5 Å². The summed E-state index contributed by atoms with van der Waals surface area (Å²) in [6.07, 6.45) is 13.3. The van der Waals surface area contributed by atoms with Gasteiger partial charge >= 0.3 is 0 Å². The Labute approximate surface area is 165 Å². The molecule has 0 saturated carbocycles. The fourth-order valence-electron chi connectivity index (χ4n) is 3.96. The molecule has 1 saturated heterocycles. The van der Waals surface area contributed by atoms with Gasteiger partial charge < -0.3 is 10.2 Å². The van der Waals surface area contributed by atoms with Gasteiger partial charge in [-0.3, -0.25) is 4.79 Å². The van der Waals surface area contributed by atoms with Crippen LogP contribution in [0.5, 0.6) is 0 Å². The van der Waals surface area contributed by atoms with Crippen molar-refractivity contribution in [1.82, 2.24) is 30.3 Å². The van der Waals surface area contributed by atoms with E-state index in [0.29, 0.717) is 12.4 Å². The summed E-state index contributed by atoms with van der Waals surface area (Å²) in [7, 11) is 0. The van der Waals surface area contributed by atoms with Crippen LogP contribution in [-0.2, 0) is 4.79 Å². The molecule has 4 rings (SSSR count). The Morgan fingerprint density at radius 1 is 1.18 bits per heavy atom. The van der Waals surface area contributed by atoms with E-state index in [2.05, 4.69) is 36.6 Å². The summed E-state index contributed by atoms with van der Waals surface area (Å²) >= 11 is 0. The highest BCUT2D eigenvalue weighted by Crippen LogP contribution is 2.22. The van der Waals surface area contributed by atoms with Crippen molar-refractivity contribution in [3.63, 3.8) is 0 Å². The van der Waals surface area contributed by atoms with Gasteiger partial charge in [0.2, 0.25) is 5.91 Å². The minimum absolute atomic E-state index is 0.00544. The molecule has 8 heteroatoms. The Morgan fingerprint density at radius 2 is 2.07 bits per heavy atom. The van der Waals surface area contributed by atoms with Crippen LogP contribution in [0.3, 0.4) is 0 Å². The Hall–Kier alpha value is -2.77. The number of hydrogen-bond donors (Lipinski definition) is 1. The Kier molecular flexibility index (Phi) is 5.94. The molecule has 0 radical (unpaired) electrons. The van der Waals surface area contributed by atoms with E-state index in [1.807, 2.05) is 12.1 Å². The molecule has 1 fully saturated rings. The Bertz CT molecular complexity index is 800. The quantitative estimate of drug-likeness (QED) is 0.772. The third-order valence-corrected chi connectivity index (χ3v) is 5.54. The maximum Gasteiger partial charge on any atom is 0.224 e. The smallest absolute Gasteiger partial charge is 0.224 e. The van der Waals surface area contributed by atoms with E-state index in [1.165, 1.54) is 37.6 Å². The standard InChI is InChI=1S/C20H27N7O/c28-20(22-11-10-16-5-2-1-3-6-16)17-7-4-12-26(13-17)18-8-9-19(25-24-18)27-15-21-14-23-27/h5,8-9,14-15,17H,1-4,6-7,10-13H2,(H,22,28). The molecule has 28 heavy (non-hydrogen) atoms. The van der Waals surface area contributed by atoms with E-state index in [1.54, 1.807) is 11.0 Å². The number of anilines is 1. The first-order valence-corrected chi connectivity index (χ1v) is 10.2. The number of carbonyl (C=O) groups is 1. The van der Waals surface area contributed by atoms with Gasteiger partial charge in [-0.1, -0.05) is 11.6 Å². The van der Waals surface area contributed by atoms with Crippen molar-refractivity contribution in [3.05, 3.63) is 36.4 Å². The number of rotatable bonds is 6. The van der Waals surface area contributed by atoms with Crippen molar-refractivity contribution in [2.24, 2.45) is 5.92 Å². The third kappa shape index (κ3) is 4.55. The van der Waals surface area contributed by atoms with Crippen LogP contribution in [0.25, 0.3) is 5.82 Å². The number of hydrogen-bond acceptors (Lipinski definition) is 6. The third-order valence-electron chi connectivity index (χ3n) is 5.54. The van der Waals surface area contributed by atoms with Gasteiger partial charge in [-0.15, -0.1) is 10.2 Å². The van der Waals surface area contributed by atoms with Crippen molar-refractivity contribution < 1.29 is 4.79 Å². The number of allylic oxidation sites excluding steroid dienone is 1. The van der Waals surface area contributed by atoms with Gasteiger partial charge in [0.1, 0.15) is 12.7 Å². The number of aromatic nitrogens is 5. The summed E-state index contributed by atoms with van der Waals surface area (Å²) in [6.45, 7) is 2.33. The van der Waals surface area contributed by atoms with Crippen molar-refractivity contribution in [1.29, 1.82) is 0 Å². The van der Waals surface area contributed by atoms with Gasteiger partial charge in [0.25, 0.3) is 0 Å². The predicted molar refractivity (Wildman–Crippen MR) is 106 cm³/mol. The topological polar surface area (TPSA) is 88.8 Å². The molecule has 1 amide bonds. The molecule has 0 spiro atoms. The molecule has 1 aliphatic carbocycles. The minimum Gasteiger partial charge on any atom is -0.355 e. The molecule has 1 atom stereocenters. The van der Waals surface area contributed by atoms with Crippen molar-refractivity contribution in [2.75, 3.05) is 24.5 Å². The van der Waals surface area contributed by atoms with Gasteiger partial charge in [0.15, 0.2) is 11.6 Å². The van der Waals surface area contributed by atoms with Gasteiger partial charge in [-0.25, -0.2) is 9.67 Å². The van der Waals surface area contributed by atoms with Crippen molar-refractivity contribution in [3.8, 4) is 5.82 Å². The van der Waals surface area contributed by atoms with Crippen LogP contribution in [0.15, 0.2) is 36.4 Å². The van der Waals surface area contributed by atoms with E-state index in [9.17, 15) is 4.79 Å². The highest BCUT2D eigenvalue weighted by atomic mass is 16.1. The monoisotopic (exact) mass is 381 g/mol. The fourth-order valence-corrected chi connectivity index (χ4v) is 3.96. The summed E-state index contributed by atoms with van der Waals surface area (Å²) in [5.41, 5.74) is 1.50. The second-order valence-electron chi connectivity index (χ2n) is 7.52. The zero-order valence-corrected chi connectivity index (χ0v) is 16.1. The van der Waals surface area contributed by atoms with E-state index in [-0.39, 0.29) is 11.8 Å².